The third-order valence-electron chi connectivity index (χ3n) is 2.94. The third kappa shape index (κ3) is 3.30. The molecule has 2 rings (SSSR count). The largest absolute Gasteiger partial charge is 0.548 e. The SMILES string of the molecule is CC[C@@H](C(=O)[O-])N1C(=O)/C(=C\c2cccc(F)c2)SC1=S. The summed E-state index contributed by atoms with van der Waals surface area (Å²) in [4.78, 5) is 24.7. The highest BCUT2D eigenvalue weighted by atomic mass is 32.2. The fraction of sp³-hybridized carbons (Fsp3) is 0.214. The molecule has 7 heteroatoms. The van der Waals surface area contributed by atoms with E-state index in [0.717, 1.165) is 16.7 Å². The van der Waals surface area contributed by atoms with E-state index in [4.69, 9.17) is 12.2 Å². The Morgan fingerprint density at radius 1 is 1.57 bits per heavy atom. The summed E-state index contributed by atoms with van der Waals surface area (Å²) in [7, 11) is 0. The van der Waals surface area contributed by atoms with E-state index < -0.39 is 23.7 Å². The number of amides is 1. The van der Waals surface area contributed by atoms with E-state index in [2.05, 4.69) is 0 Å². The molecule has 1 aliphatic heterocycles. The van der Waals surface area contributed by atoms with Crippen molar-refractivity contribution in [2.45, 2.75) is 19.4 Å². The van der Waals surface area contributed by atoms with Crippen molar-refractivity contribution in [1.29, 1.82) is 0 Å². The van der Waals surface area contributed by atoms with Gasteiger partial charge in [0.15, 0.2) is 0 Å². The number of thiocarbonyl (C=S) groups is 1. The van der Waals surface area contributed by atoms with E-state index in [1.54, 1.807) is 13.0 Å². The van der Waals surface area contributed by atoms with E-state index in [1.807, 2.05) is 0 Å². The van der Waals surface area contributed by atoms with Crippen molar-refractivity contribution in [2.24, 2.45) is 0 Å². The molecule has 0 aromatic heterocycles. The molecule has 0 bridgehead atoms. The van der Waals surface area contributed by atoms with Gasteiger partial charge in [-0.2, -0.15) is 0 Å². The third-order valence-corrected chi connectivity index (χ3v) is 4.27. The van der Waals surface area contributed by atoms with Gasteiger partial charge in [0, 0.05) is 0 Å². The first-order valence-electron chi connectivity index (χ1n) is 6.17. The summed E-state index contributed by atoms with van der Waals surface area (Å²) in [6.45, 7) is 1.63. The zero-order chi connectivity index (χ0) is 15.6. The van der Waals surface area contributed by atoms with Gasteiger partial charge in [-0.05, 0) is 30.2 Å². The number of carboxylic acid groups (broad SMARTS) is 1. The molecule has 0 saturated carbocycles. The Hall–Kier alpha value is -1.73. The van der Waals surface area contributed by atoms with Crippen LogP contribution in [-0.4, -0.2) is 27.1 Å². The van der Waals surface area contributed by atoms with E-state index in [0.29, 0.717) is 5.56 Å². The summed E-state index contributed by atoms with van der Waals surface area (Å²) in [5, 5.41) is 11.1. The molecule has 1 amide bonds. The van der Waals surface area contributed by atoms with Crippen LogP contribution in [0.1, 0.15) is 18.9 Å². The van der Waals surface area contributed by atoms with Crippen LogP contribution in [-0.2, 0) is 9.59 Å². The van der Waals surface area contributed by atoms with Gasteiger partial charge in [-0.3, -0.25) is 9.69 Å². The fourth-order valence-corrected chi connectivity index (χ4v) is 3.31. The predicted octanol–water partition coefficient (Wildman–Crippen LogP) is 1.56. The van der Waals surface area contributed by atoms with Crippen LogP contribution in [0.3, 0.4) is 0 Å². The maximum atomic E-state index is 13.1. The Morgan fingerprint density at radius 2 is 2.29 bits per heavy atom. The number of nitrogens with zero attached hydrogens (tertiary/aromatic N) is 1. The molecular formula is C14H11FNO3S2-. The molecule has 4 nitrogen and oxygen atoms in total. The molecule has 1 aromatic carbocycles. The average molecular weight is 324 g/mol. The lowest BCUT2D eigenvalue weighted by Crippen LogP contribution is -2.49. The average Bonchev–Trinajstić information content (AvgIpc) is 2.67. The summed E-state index contributed by atoms with van der Waals surface area (Å²) in [6.07, 6.45) is 1.69. The zero-order valence-corrected chi connectivity index (χ0v) is 12.7. The Balaban J connectivity index is 2.31. The lowest BCUT2D eigenvalue weighted by molar-refractivity contribution is -0.310. The Bertz CT molecular complexity index is 645. The van der Waals surface area contributed by atoms with Crippen molar-refractivity contribution in [3.63, 3.8) is 0 Å². The second-order valence-corrected chi connectivity index (χ2v) is 6.03. The lowest BCUT2D eigenvalue weighted by Gasteiger charge is -2.26. The van der Waals surface area contributed by atoms with Gasteiger partial charge in [0.1, 0.15) is 10.1 Å². The van der Waals surface area contributed by atoms with Gasteiger partial charge in [0.25, 0.3) is 5.91 Å². The number of hydrogen-bond acceptors (Lipinski definition) is 5. The number of rotatable bonds is 4. The summed E-state index contributed by atoms with van der Waals surface area (Å²) in [6, 6.07) is 4.66. The van der Waals surface area contributed by atoms with Crippen LogP contribution in [0.2, 0.25) is 0 Å². The van der Waals surface area contributed by atoms with Crippen LogP contribution in [0.25, 0.3) is 6.08 Å². The Labute approximate surface area is 130 Å². The highest BCUT2D eigenvalue weighted by molar-refractivity contribution is 8.26. The van der Waals surface area contributed by atoms with Crippen LogP contribution in [0, 0.1) is 5.82 Å². The van der Waals surface area contributed by atoms with Gasteiger partial charge in [-0.25, -0.2) is 4.39 Å². The molecule has 0 radical (unpaired) electrons. The molecule has 1 fully saturated rings. The normalized spacial score (nSPS) is 18.4. The smallest absolute Gasteiger partial charge is 0.266 e. The molecule has 1 aliphatic rings. The van der Waals surface area contributed by atoms with Crippen LogP contribution >= 0.6 is 24.0 Å². The van der Waals surface area contributed by atoms with Crippen molar-refractivity contribution >= 4 is 46.3 Å². The molecule has 0 unspecified atom stereocenters. The molecule has 21 heavy (non-hydrogen) atoms. The number of carboxylic acids is 1. The van der Waals surface area contributed by atoms with Crippen molar-refractivity contribution < 1.29 is 19.1 Å². The first-order valence-corrected chi connectivity index (χ1v) is 7.40. The van der Waals surface area contributed by atoms with Crippen LogP contribution in [0.4, 0.5) is 4.39 Å². The first-order chi connectivity index (χ1) is 9.93. The second kappa shape index (κ2) is 6.36. The van der Waals surface area contributed by atoms with Crippen LogP contribution in [0.15, 0.2) is 29.2 Å². The first kappa shape index (κ1) is 15.7. The number of thioether (sulfide) groups is 1. The number of carbonyl (C=O) groups is 2. The van der Waals surface area contributed by atoms with Crippen molar-refractivity contribution in [3.8, 4) is 0 Å². The molecule has 1 saturated heterocycles. The van der Waals surface area contributed by atoms with Gasteiger partial charge in [-0.15, -0.1) is 0 Å². The number of aliphatic carboxylic acids is 1. The minimum Gasteiger partial charge on any atom is -0.548 e. The Kier molecular flexibility index (Phi) is 4.74. The van der Waals surface area contributed by atoms with Crippen molar-refractivity contribution in [3.05, 3.63) is 40.6 Å². The van der Waals surface area contributed by atoms with Gasteiger partial charge in [0.2, 0.25) is 0 Å². The number of halogens is 1. The summed E-state index contributed by atoms with van der Waals surface area (Å²) < 4.78 is 13.3. The summed E-state index contributed by atoms with van der Waals surface area (Å²) in [5.74, 6) is -2.26. The highest BCUT2D eigenvalue weighted by Gasteiger charge is 2.36. The zero-order valence-electron chi connectivity index (χ0n) is 11.0. The van der Waals surface area contributed by atoms with Crippen LogP contribution < -0.4 is 5.11 Å². The number of carbonyl (C=O) groups excluding carboxylic acids is 2. The number of benzene rings is 1. The molecule has 1 aromatic rings. The van der Waals surface area contributed by atoms with Gasteiger partial charge < -0.3 is 9.90 Å². The minimum absolute atomic E-state index is 0.165. The number of hydrogen-bond donors (Lipinski definition) is 0. The molecule has 0 N–H and O–H groups in total. The molecule has 1 heterocycles. The van der Waals surface area contributed by atoms with E-state index in [9.17, 15) is 19.1 Å². The summed E-state index contributed by atoms with van der Waals surface area (Å²) >= 11 is 6.06. The highest BCUT2D eigenvalue weighted by Crippen LogP contribution is 2.34. The molecule has 110 valence electrons. The predicted molar refractivity (Wildman–Crippen MR) is 80.5 cm³/mol. The molecule has 0 spiro atoms. The second-order valence-electron chi connectivity index (χ2n) is 4.35. The maximum absolute atomic E-state index is 13.1. The van der Waals surface area contributed by atoms with Gasteiger partial charge >= 0.3 is 0 Å². The summed E-state index contributed by atoms with van der Waals surface area (Å²) in [5.41, 5.74) is 0.511. The van der Waals surface area contributed by atoms with E-state index in [-0.39, 0.29) is 15.6 Å². The van der Waals surface area contributed by atoms with Crippen LogP contribution in [0.5, 0.6) is 0 Å². The topological polar surface area (TPSA) is 60.4 Å². The van der Waals surface area contributed by atoms with Crippen molar-refractivity contribution in [1.82, 2.24) is 4.90 Å². The minimum atomic E-state index is -1.35. The monoisotopic (exact) mass is 324 g/mol. The Morgan fingerprint density at radius 3 is 2.86 bits per heavy atom. The van der Waals surface area contributed by atoms with Gasteiger partial charge in [0.05, 0.1) is 16.9 Å². The van der Waals surface area contributed by atoms with E-state index in [1.165, 1.54) is 24.3 Å². The lowest BCUT2D eigenvalue weighted by atomic mass is 10.1. The van der Waals surface area contributed by atoms with Crippen molar-refractivity contribution in [2.75, 3.05) is 0 Å². The van der Waals surface area contributed by atoms with Gasteiger partial charge in [-0.1, -0.05) is 43.0 Å². The standard InChI is InChI=1S/C14H12FNO3S2/c1-2-10(13(18)19)16-12(17)11(21-14(16)20)7-8-4-3-5-9(15)6-8/h3-7,10H,2H2,1H3,(H,18,19)/p-1/b11-7+/t10-/m0/s1. The molecule has 0 aliphatic carbocycles. The maximum Gasteiger partial charge on any atom is 0.266 e. The van der Waals surface area contributed by atoms with E-state index >= 15 is 0 Å². The molecular weight excluding hydrogens is 313 g/mol. The molecule has 1 atom stereocenters. The quantitative estimate of drug-likeness (QED) is 0.621. The fourth-order valence-electron chi connectivity index (χ4n) is 1.95.